The molecule has 0 saturated heterocycles. The number of methoxy groups -OCH3 is 1. The summed E-state index contributed by atoms with van der Waals surface area (Å²) >= 11 is 0. The number of esters is 1. The number of benzene rings is 2. The molecule has 0 N–H and O–H groups in total. The van der Waals surface area contributed by atoms with Gasteiger partial charge in [-0.2, -0.15) is 0 Å². The number of rotatable bonds is 5. The largest absolute Gasteiger partial charge is 0.493 e. The molecule has 0 bridgehead atoms. The smallest absolute Gasteiger partial charge is 0.318 e. The maximum atomic E-state index is 12.2. The van der Waals surface area contributed by atoms with E-state index in [1.807, 2.05) is 30.3 Å². The van der Waals surface area contributed by atoms with Gasteiger partial charge in [-0.15, -0.1) is 0 Å². The van der Waals surface area contributed by atoms with Crippen molar-refractivity contribution in [3.8, 4) is 11.5 Å². The number of carbonyl (C=O) groups is 2. The van der Waals surface area contributed by atoms with E-state index in [0.717, 1.165) is 5.56 Å². The fourth-order valence-corrected chi connectivity index (χ4v) is 1.92. The number of hydrogen-bond donors (Lipinski definition) is 0. The first kappa shape index (κ1) is 14.8. The molecule has 0 aliphatic carbocycles. The van der Waals surface area contributed by atoms with Crippen molar-refractivity contribution in [1.82, 2.24) is 0 Å². The molecule has 108 valence electrons. The molecule has 0 radical (unpaired) electrons. The quantitative estimate of drug-likeness (QED) is 0.480. The molecular weight excluding hydrogens is 268 g/mol. The lowest BCUT2D eigenvalue weighted by Crippen LogP contribution is -2.16. The van der Waals surface area contributed by atoms with E-state index in [4.69, 9.17) is 9.47 Å². The van der Waals surface area contributed by atoms with Gasteiger partial charge in [0.2, 0.25) is 0 Å². The van der Waals surface area contributed by atoms with Crippen LogP contribution < -0.4 is 9.47 Å². The minimum absolute atomic E-state index is 0.302. The molecule has 2 rings (SSSR count). The van der Waals surface area contributed by atoms with E-state index < -0.39 is 0 Å². The van der Waals surface area contributed by atoms with Crippen molar-refractivity contribution in [2.45, 2.75) is 12.8 Å². The van der Waals surface area contributed by atoms with Crippen LogP contribution in [0.2, 0.25) is 0 Å². The van der Waals surface area contributed by atoms with Gasteiger partial charge in [-0.3, -0.25) is 9.59 Å². The van der Waals surface area contributed by atoms with Gasteiger partial charge < -0.3 is 9.47 Å². The second-order valence-corrected chi connectivity index (χ2v) is 4.58. The Hall–Kier alpha value is -2.62. The van der Waals surface area contributed by atoms with Gasteiger partial charge in [0.1, 0.15) is 6.29 Å². The zero-order valence-electron chi connectivity index (χ0n) is 11.9. The van der Waals surface area contributed by atoms with Crippen LogP contribution in [0.5, 0.6) is 11.5 Å². The number of carbonyl (C=O) groups excluding carboxylic acids is 2. The Morgan fingerprint density at radius 1 is 1.10 bits per heavy atom. The van der Waals surface area contributed by atoms with Crippen molar-refractivity contribution in [3.05, 3.63) is 59.7 Å². The van der Waals surface area contributed by atoms with Crippen LogP contribution in [0.25, 0.3) is 0 Å². The Morgan fingerprint density at radius 2 is 1.81 bits per heavy atom. The fraction of sp³-hybridized carbons (Fsp3) is 0.176. The van der Waals surface area contributed by atoms with Crippen LogP contribution >= 0.6 is 0 Å². The SMILES string of the molecule is COc1cc(C=O)ccc1OC(=O)C(C)c1ccccc1. The Kier molecular flexibility index (Phi) is 4.72. The molecule has 0 spiro atoms. The molecule has 2 aromatic carbocycles. The minimum Gasteiger partial charge on any atom is -0.493 e. The highest BCUT2D eigenvalue weighted by atomic mass is 16.6. The van der Waals surface area contributed by atoms with Crippen LogP contribution in [-0.4, -0.2) is 19.4 Å². The Bertz CT molecular complexity index is 634. The van der Waals surface area contributed by atoms with Gasteiger partial charge in [0.05, 0.1) is 13.0 Å². The van der Waals surface area contributed by atoms with Gasteiger partial charge in [-0.05, 0) is 30.7 Å². The first-order valence-electron chi connectivity index (χ1n) is 6.55. The summed E-state index contributed by atoms with van der Waals surface area (Å²) in [6, 6.07) is 14.0. The molecule has 0 amide bonds. The Labute approximate surface area is 123 Å². The second-order valence-electron chi connectivity index (χ2n) is 4.58. The maximum Gasteiger partial charge on any atom is 0.318 e. The highest BCUT2D eigenvalue weighted by Gasteiger charge is 2.19. The molecule has 21 heavy (non-hydrogen) atoms. The standard InChI is InChI=1S/C17H16O4/c1-12(14-6-4-3-5-7-14)17(19)21-15-9-8-13(11-18)10-16(15)20-2/h3-12H,1-2H3. The van der Waals surface area contributed by atoms with Gasteiger partial charge in [-0.25, -0.2) is 0 Å². The third kappa shape index (κ3) is 3.48. The number of ether oxygens (including phenoxy) is 2. The summed E-state index contributed by atoms with van der Waals surface area (Å²) in [4.78, 5) is 22.9. The highest BCUT2D eigenvalue weighted by Crippen LogP contribution is 2.29. The van der Waals surface area contributed by atoms with Crippen molar-refractivity contribution in [2.24, 2.45) is 0 Å². The average molecular weight is 284 g/mol. The molecule has 4 nitrogen and oxygen atoms in total. The van der Waals surface area contributed by atoms with E-state index >= 15 is 0 Å². The van der Waals surface area contributed by atoms with E-state index in [1.54, 1.807) is 19.1 Å². The molecule has 0 fully saturated rings. The number of aldehydes is 1. The molecule has 0 saturated carbocycles. The van der Waals surface area contributed by atoms with Gasteiger partial charge in [-0.1, -0.05) is 30.3 Å². The van der Waals surface area contributed by atoms with E-state index in [9.17, 15) is 9.59 Å². The van der Waals surface area contributed by atoms with Crippen molar-refractivity contribution in [1.29, 1.82) is 0 Å². The third-order valence-electron chi connectivity index (χ3n) is 3.19. The topological polar surface area (TPSA) is 52.6 Å². The van der Waals surface area contributed by atoms with Gasteiger partial charge in [0, 0.05) is 5.56 Å². The van der Waals surface area contributed by atoms with Crippen LogP contribution in [0.4, 0.5) is 0 Å². The van der Waals surface area contributed by atoms with E-state index in [2.05, 4.69) is 0 Å². The molecule has 1 unspecified atom stereocenters. The summed E-state index contributed by atoms with van der Waals surface area (Å²) < 4.78 is 10.5. The lowest BCUT2D eigenvalue weighted by molar-refractivity contribution is -0.135. The zero-order chi connectivity index (χ0) is 15.2. The monoisotopic (exact) mass is 284 g/mol. The summed E-state index contributed by atoms with van der Waals surface area (Å²) in [6.07, 6.45) is 0.709. The fourth-order valence-electron chi connectivity index (χ4n) is 1.92. The lowest BCUT2D eigenvalue weighted by atomic mass is 10.0. The summed E-state index contributed by atoms with van der Waals surface area (Å²) in [5.74, 6) is -0.107. The van der Waals surface area contributed by atoms with Crippen molar-refractivity contribution < 1.29 is 19.1 Å². The van der Waals surface area contributed by atoms with Crippen molar-refractivity contribution in [3.63, 3.8) is 0 Å². The molecular formula is C17H16O4. The minimum atomic E-state index is -0.387. The molecule has 1 atom stereocenters. The molecule has 2 aromatic rings. The van der Waals surface area contributed by atoms with Crippen LogP contribution in [-0.2, 0) is 4.79 Å². The Balaban J connectivity index is 2.18. The second kappa shape index (κ2) is 6.70. The van der Waals surface area contributed by atoms with Crippen LogP contribution in [0, 0.1) is 0 Å². The normalized spacial score (nSPS) is 11.5. The molecule has 0 aromatic heterocycles. The highest BCUT2D eigenvalue weighted by molar-refractivity contribution is 5.81. The van der Waals surface area contributed by atoms with E-state index in [-0.39, 0.29) is 11.9 Å². The first-order valence-corrected chi connectivity index (χ1v) is 6.55. The van der Waals surface area contributed by atoms with Crippen molar-refractivity contribution in [2.75, 3.05) is 7.11 Å². The van der Waals surface area contributed by atoms with Crippen LogP contribution in [0.3, 0.4) is 0 Å². The first-order chi connectivity index (χ1) is 10.2. The summed E-state index contributed by atoms with van der Waals surface area (Å²) in [6.45, 7) is 1.78. The summed E-state index contributed by atoms with van der Waals surface area (Å²) in [5, 5.41) is 0. The zero-order valence-corrected chi connectivity index (χ0v) is 11.9. The van der Waals surface area contributed by atoms with Crippen LogP contribution in [0.1, 0.15) is 28.8 Å². The van der Waals surface area contributed by atoms with E-state index in [0.29, 0.717) is 23.3 Å². The van der Waals surface area contributed by atoms with Crippen LogP contribution in [0.15, 0.2) is 48.5 Å². The molecule has 0 heterocycles. The third-order valence-corrected chi connectivity index (χ3v) is 3.19. The molecule has 0 aliphatic rings. The summed E-state index contributed by atoms with van der Waals surface area (Å²) in [7, 11) is 1.46. The maximum absolute atomic E-state index is 12.2. The van der Waals surface area contributed by atoms with E-state index in [1.165, 1.54) is 13.2 Å². The predicted molar refractivity (Wildman–Crippen MR) is 78.9 cm³/mol. The molecule has 4 heteroatoms. The number of hydrogen-bond acceptors (Lipinski definition) is 4. The molecule has 0 aliphatic heterocycles. The van der Waals surface area contributed by atoms with Gasteiger partial charge >= 0.3 is 5.97 Å². The predicted octanol–water partition coefficient (Wildman–Crippen LogP) is 3.22. The van der Waals surface area contributed by atoms with Crippen molar-refractivity contribution >= 4 is 12.3 Å². The van der Waals surface area contributed by atoms with Gasteiger partial charge in [0.25, 0.3) is 0 Å². The Morgan fingerprint density at radius 3 is 2.43 bits per heavy atom. The lowest BCUT2D eigenvalue weighted by Gasteiger charge is -2.13. The summed E-state index contributed by atoms with van der Waals surface area (Å²) in [5.41, 5.74) is 1.34. The average Bonchev–Trinajstić information content (AvgIpc) is 2.55. The van der Waals surface area contributed by atoms with Gasteiger partial charge in [0.15, 0.2) is 11.5 Å².